The van der Waals surface area contributed by atoms with Crippen molar-refractivity contribution in [2.24, 2.45) is 11.8 Å². The summed E-state index contributed by atoms with van der Waals surface area (Å²) in [4.78, 5) is 42.0. The van der Waals surface area contributed by atoms with Gasteiger partial charge in [0.15, 0.2) is 0 Å². The van der Waals surface area contributed by atoms with Crippen LogP contribution in [0.15, 0.2) is 24.4 Å². The molecule has 8 heteroatoms. The average Bonchev–Trinajstić information content (AvgIpc) is 2.64. The highest BCUT2D eigenvalue weighted by Gasteiger charge is 2.36. The van der Waals surface area contributed by atoms with Crippen molar-refractivity contribution in [3.8, 4) is 0 Å². The lowest BCUT2D eigenvalue weighted by molar-refractivity contribution is -0.147. The molecule has 0 radical (unpaired) electrons. The maximum absolute atomic E-state index is 12.5. The first kappa shape index (κ1) is 20.2. The lowest BCUT2D eigenvalue weighted by Crippen LogP contribution is -2.50. The van der Waals surface area contributed by atoms with E-state index in [-0.39, 0.29) is 37.9 Å². The van der Waals surface area contributed by atoms with Crippen LogP contribution in [0.1, 0.15) is 26.0 Å². The molecule has 0 saturated carbocycles. The molecule has 0 bridgehead atoms. The van der Waals surface area contributed by atoms with Crippen LogP contribution >= 0.6 is 11.8 Å². The number of nitrogens with one attached hydrogen (secondary N) is 1. The van der Waals surface area contributed by atoms with E-state index in [1.807, 2.05) is 19.9 Å². The molecule has 0 aliphatic carbocycles. The largest absolute Gasteiger partial charge is 0.481 e. The predicted molar refractivity (Wildman–Crippen MR) is 99.5 cm³/mol. The predicted octanol–water partition coefficient (Wildman–Crippen LogP) is 1.39. The Morgan fingerprint density at radius 1 is 1.31 bits per heavy atom. The van der Waals surface area contributed by atoms with Gasteiger partial charge in [0, 0.05) is 19.3 Å². The number of aliphatic carboxylic acids is 1. The fourth-order valence-corrected chi connectivity index (χ4v) is 3.48. The zero-order valence-electron chi connectivity index (χ0n) is 15.1. The highest BCUT2D eigenvalue weighted by atomic mass is 32.2. The van der Waals surface area contributed by atoms with Crippen LogP contribution in [-0.4, -0.2) is 56.9 Å². The van der Waals surface area contributed by atoms with Crippen molar-refractivity contribution in [3.05, 3.63) is 30.1 Å². The Labute approximate surface area is 157 Å². The molecule has 0 spiro atoms. The van der Waals surface area contributed by atoms with Crippen molar-refractivity contribution in [2.45, 2.75) is 32.1 Å². The van der Waals surface area contributed by atoms with E-state index < -0.39 is 17.8 Å². The Morgan fingerprint density at radius 3 is 2.65 bits per heavy atom. The summed E-state index contributed by atoms with van der Waals surface area (Å²) < 4.78 is 0. The van der Waals surface area contributed by atoms with E-state index in [1.165, 1.54) is 16.7 Å². The van der Waals surface area contributed by atoms with E-state index in [2.05, 4.69) is 10.3 Å². The van der Waals surface area contributed by atoms with E-state index in [0.29, 0.717) is 11.0 Å². The Bertz CT molecular complexity index is 639. The summed E-state index contributed by atoms with van der Waals surface area (Å²) in [6.07, 6.45) is 1.89. The van der Waals surface area contributed by atoms with E-state index >= 15 is 0 Å². The minimum atomic E-state index is -0.971. The molecule has 26 heavy (non-hydrogen) atoms. The highest BCUT2D eigenvalue weighted by molar-refractivity contribution is 8.00. The van der Waals surface area contributed by atoms with Crippen LogP contribution in [0, 0.1) is 11.8 Å². The van der Waals surface area contributed by atoms with Gasteiger partial charge in [-0.3, -0.25) is 19.4 Å². The molecule has 0 aromatic carbocycles. The van der Waals surface area contributed by atoms with Crippen molar-refractivity contribution < 1.29 is 19.5 Å². The lowest BCUT2D eigenvalue weighted by Gasteiger charge is -2.35. The molecule has 7 nitrogen and oxygen atoms in total. The maximum Gasteiger partial charge on any atom is 0.308 e. The number of carboxylic acid groups (broad SMARTS) is 1. The summed E-state index contributed by atoms with van der Waals surface area (Å²) in [6.45, 7) is 4.71. The SMILES string of the molecule is CC(C)SCC(=O)N1C[C@H](C(=O)O)C[C@@H](C(=O)NCc2ccccn2)C1. The Kier molecular flexibility index (Phi) is 7.44. The summed E-state index contributed by atoms with van der Waals surface area (Å²) in [5.74, 6) is -2.27. The van der Waals surface area contributed by atoms with Gasteiger partial charge in [-0.05, 0) is 23.8 Å². The molecule has 2 rings (SSSR count). The molecule has 1 aromatic heterocycles. The summed E-state index contributed by atoms with van der Waals surface area (Å²) in [5.41, 5.74) is 0.729. The highest BCUT2D eigenvalue weighted by Crippen LogP contribution is 2.24. The number of likely N-dealkylation sites (tertiary alicyclic amines) is 1. The van der Waals surface area contributed by atoms with Gasteiger partial charge in [0.25, 0.3) is 0 Å². The molecule has 1 saturated heterocycles. The first-order valence-electron chi connectivity index (χ1n) is 8.66. The van der Waals surface area contributed by atoms with E-state index in [0.717, 1.165) is 5.69 Å². The maximum atomic E-state index is 12.5. The minimum absolute atomic E-state index is 0.114. The van der Waals surface area contributed by atoms with E-state index in [9.17, 15) is 19.5 Å². The van der Waals surface area contributed by atoms with Gasteiger partial charge in [0.1, 0.15) is 0 Å². The zero-order chi connectivity index (χ0) is 19.1. The molecule has 2 heterocycles. The number of piperidine rings is 1. The number of rotatable bonds is 7. The molecule has 2 atom stereocenters. The van der Waals surface area contributed by atoms with Crippen LogP contribution in [-0.2, 0) is 20.9 Å². The quantitative estimate of drug-likeness (QED) is 0.743. The van der Waals surface area contributed by atoms with Gasteiger partial charge in [-0.2, -0.15) is 0 Å². The number of hydrogen-bond donors (Lipinski definition) is 2. The zero-order valence-corrected chi connectivity index (χ0v) is 15.9. The number of aromatic nitrogens is 1. The third-order valence-corrected chi connectivity index (χ3v) is 5.31. The van der Waals surface area contributed by atoms with Crippen molar-refractivity contribution in [1.82, 2.24) is 15.2 Å². The molecule has 1 aromatic rings. The fraction of sp³-hybridized carbons (Fsp3) is 0.556. The van der Waals surface area contributed by atoms with Gasteiger partial charge in [-0.1, -0.05) is 19.9 Å². The van der Waals surface area contributed by atoms with Crippen molar-refractivity contribution in [2.75, 3.05) is 18.8 Å². The molecule has 0 unspecified atom stereocenters. The second-order valence-electron chi connectivity index (χ2n) is 6.67. The molecule has 142 valence electrons. The normalized spacial score (nSPS) is 20.0. The van der Waals surface area contributed by atoms with Crippen molar-refractivity contribution >= 4 is 29.5 Å². The van der Waals surface area contributed by atoms with Crippen LogP contribution in [0.3, 0.4) is 0 Å². The van der Waals surface area contributed by atoms with Crippen LogP contribution in [0.2, 0.25) is 0 Å². The topological polar surface area (TPSA) is 99.6 Å². The van der Waals surface area contributed by atoms with Crippen LogP contribution in [0.25, 0.3) is 0 Å². The standard InChI is InChI=1S/C18H25N3O4S/c1-12(2)26-11-16(22)21-9-13(7-14(10-21)18(24)25)17(23)20-8-15-5-3-4-6-19-15/h3-6,12-14H,7-11H2,1-2H3,(H,20,23)(H,24,25)/t13-,14-/m1/s1. The molecule has 1 fully saturated rings. The second kappa shape index (κ2) is 9.56. The van der Waals surface area contributed by atoms with Gasteiger partial charge in [0.05, 0.1) is 29.8 Å². The average molecular weight is 379 g/mol. The third-order valence-electron chi connectivity index (χ3n) is 4.23. The van der Waals surface area contributed by atoms with Crippen LogP contribution < -0.4 is 5.32 Å². The molecule has 1 aliphatic heterocycles. The number of thioether (sulfide) groups is 1. The second-order valence-corrected chi connectivity index (χ2v) is 8.23. The molecule has 2 amide bonds. The molecular weight excluding hydrogens is 354 g/mol. The summed E-state index contributed by atoms with van der Waals surface area (Å²) in [7, 11) is 0. The monoisotopic (exact) mass is 379 g/mol. The Balaban J connectivity index is 1.97. The molecule has 2 N–H and O–H groups in total. The minimum Gasteiger partial charge on any atom is -0.481 e. The number of amides is 2. The summed E-state index contributed by atoms with van der Waals surface area (Å²) in [6, 6.07) is 5.44. The number of nitrogens with zero attached hydrogens (tertiary/aromatic N) is 2. The van der Waals surface area contributed by atoms with Gasteiger partial charge in [0.2, 0.25) is 11.8 Å². The molecule has 1 aliphatic rings. The lowest BCUT2D eigenvalue weighted by atomic mass is 9.88. The summed E-state index contributed by atoms with van der Waals surface area (Å²) in [5, 5.41) is 12.5. The van der Waals surface area contributed by atoms with Gasteiger partial charge < -0.3 is 15.3 Å². The Morgan fingerprint density at radius 2 is 2.04 bits per heavy atom. The van der Waals surface area contributed by atoms with Crippen molar-refractivity contribution in [1.29, 1.82) is 0 Å². The first-order valence-corrected chi connectivity index (χ1v) is 9.71. The van der Waals surface area contributed by atoms with Gasteiger partial charge >= 0.3 is 5.97 Å². The van der Waals surface area contributed by atoms with Crippen molar-refractivity contribution in [3.63, 3.8) is 0 Å². The summed E-state index contributed by atoms with van der Waals surface area (Å²) >= 11 is 1.51. The number of hydrogen-bond acceptors (Lipinski definition) is 5. The fourth-order valence-electron chi connectivity index (χ4n) is 2.83. The Hall–Kier alpha value is -2.09. The third kappa shape index (κ3) is 6.01. The van der Waals surface area contributed by atoms with Gasteiger partial charge in [-0.25, -0.2) is 0 Å². The number of carbonyl (C=O) groups excluding carboxylic acids is 2. The van der Waals surface area contributed by atoms with E-state index in [4.69, 9.17) is 0 Å². The number of carboxylic acids is 1. The smallest absolute Gasteiger partial charge is 0.308 e. The number of pyridine rings is 1. The van der Waals surface area contributed by atoms with Crippen LogP contribution in [0.5, 0.6) is 0 Å². The van der Waals surface area contributed by atoms with Crippen LogP contribution in [0.4, 0.5) is 0 Å². The number of carbonyl (C=O) groups is 3. The van der Waals surface area contributed by atoms with Gasteiger partial charge in [-0.15, -0.1) is 11.8 Å². The first-order chi connectivity index (χ1) is 12.4. The molecular formula is C18H25N3O4S. The van der Waals surface area contributed by atoms with E-state index in [1.54, 1.807) is 18.3 Å².